The summed E-state index contributed by atoms with van der Waals surface area (Å²) < 4.78 is 27.4. The van der Waals surface area contributed by atoms with Crippen molar-refractivity contribution in [2.75, 3.05) is 5.73 Å². The molecule has 0 atom stereocenters. The maximum atomic E-state index is 12.4. The SMILES string of the molecule is Nc1cc(C(=O)O)ccc1S(=O)(=O)NC1CCCCCC1. The highest BCUT2D eigenvalue weighted by Crippen LogP contribution is 2.23. The Morgan fingerprint density at radius 2 is 1.81 bits per heavy atom. The van der Waals surface area contributed by atoms with Crippen molar-refractivity contribution >= 4 is 21.7 Å². The highest BCUT2D eigenvalue weighted by atomic mass is 32.2. The van der Waals surface area contributed by atoms with E-state index in [0.717, 1.165) is 38.5 Å². The van der Waals surface area contributed by atoms with E-state index in [9.17, 15) is 13.2 Å². The molecule has 2 rings (SSSR count). The van der Waals surface area contributed by atoms with Crippen LogP contribution in [-0.2, 0) is 10.0 Å². The van der Waals surface area contributed by atoms with E-state index in [4.69, 9.17) is 10.8 Å². The Labute approximate surface area is 124 Å². The van der Waals surface area contributed by atoms with Gasteiger partial charge in [0.05, 0.1) is 11.3 Å². The number of rotatable bonds is 4. The molecule has 0 spiro atoms. The lowest BCUT2D eigenvalue weighted by Crippen LogP contribution is -2.34. The van der Waals surface area contributed by atoms with Crippen LogP contribution in [0, 0.1) is 0 Å². The third-order valence-electron chi connectivity index (χ3n) is 3.72. The molecule has 7 heteroatoms. The number of carboxylic acids is 1. The lowest BCUT2D eigenvalue weighted by Gasteiger charge is -2.17. The number of nitrogen functional groups attached to an aromatic ring is 1. The molecule has 0 radical (unpaired) electrons. The fourth-order valence-corrected chi connectivity index (χ4v) is 4.02. The largest absolute Gasteiger partial charge is 0.478 e. The van der Waals surface area contributed by atoms with Gasteiger partial charge in [-0.15, -0.1) is 0 Å². The fourth-order valence-electron chi connectivity index (χ4n) is 2.61. The average Bonchev–Trinajstić information content (AvgIpc) is 2.66. The van der Waals surface area contributed by atoms with Crippen LogP contribution in [-0.4, -0.2) is 25.5 Å². The number of nitrogens with two attached hydrogens (primary N) is 1. The van der Waals surface area contributed by atoms with Crippen molar-refractivity contribution < 1.29 is 18.3 Å². The van der Waals surface area contributed by atoms with E-state index in [2.05, 4.69) is 4.72 Å². The third kappa shape index (κ3) is 3.95. The number of sulfonamides is 1. The lowest BCUT2D eigenvalue weighted by atomic mass is 10.1. The van der Waals surface area contributed by atoms with Gasteiger partial charge in [0.1, 0.15) is 4.90 Å². The second-order valence-electron chi connectivity index (χ2n) is 5.37. The van der Waals surface area contributed by atoms with Gasteiger partial charge in [-0.05, 0) is 31.0 Å². The molecule has 0 saturated heterocycles. The molecular weight excluding hydrogens is 292 g/mol. The van der Waals surface area contributed by atoms with Crippen molar-refractivity contribution in [2.45, 2.75) is 49.5 Å². The maximum Gasteiger partial charge on any atom is 0.335 e. The van der Waals surface area contributed by atoms with Gasteiger partial charge in [0, 0.05) is 6.04 Å². The van der Waals surface area contributed by atoms with Crippen LogP contribution in [0.15, 0.2) is 23.1 Å². The molecule has 1 aliphatic rings. The zero-order valence-corrected chi connectivity index (χ0v) is 12.5. The summed E-state index contributed by atoms with van der Waals surface area (Å²) in [6.07, 6.45) is 5.95. The summed E-state index contributed by atoms with van der Waals surface area (Å²) >= 11 is 0. The van der Waals surface area contributed by atoms with Gasteiger partial charge in [-0.1, -0.05) is 25.7 Å². The predicted molar refractivity (Wildman–Crippen MR) is 79.6 cm³/mol. The molecule has 0 amide bonds. The van der Waals surface area contributed by atoms with Gasteiger partial charge in [0.2, 0.25) is 10.0 Å². The number of aromatic carboxylic acids is 1. The van der Waals surface area contributed by atoms with Crippen LogP contribution in [0.25, 0.3) is 0 Å². The highest BCUT2D eigenvalue weighted by molar-refractivity contribution is 7.89. The molecule has 1 aromatic rings. The molecule has 1 fully saturated rings. The Hall–Kier alpha value is -1.60. The van der Waals surface area contributed by atoms with Crippen molar-refractivity contribution in [1.82, 2.24) is 4.72 Å². The molecule has 1 aromatic carbocycles. The Morgan fingerprint density at radius 3 is 2.33 bits per heavy atom. The van der Waals surface area contributed by atoms with Crippen molar-refractivity contribution in [3.63, 3.8) is 0 Å². The summed E-state index contributed by atoms with van der Waals surface area (Å²) in [5, 5.41) is 8.87. The van der Waals surface area contributed by atoms with Crippen molar-refractivity contribution in [2.24, 2.45) is 0 Å². The molecule has 116 valence electrons. The van der Waals surface area contributed by atoms with E-state index in [1.165, 1.54) is 18.2 Å². The number of carbonyl (C=O) groups is 1. The second kappa shape index (κ2) is 6.44. The molecule has 0 aromatic heterocycles. The molecule has 0 aliphatic heterocycles. The highest BCUT2D eigenvalue weighted by Gasteiger charge is 2.23. The minimum Gasteiger partial charge on any atom is -0.478 e. The third-order valence-corrected chi connectivity index (χ3v) is 5.32. The summed E-state index contributed by atoms with van der Waals surface area (Å²) in [7, 11) is -3.72. The standard InChI is InChI=1S/C14H20N2O4S/c15-12-9-10(14(17)18)7-8-13(12)21(19,20)16-11-5-3-1-2-4-6-11/h7-9,11,16H,1-6,15H2,(H,17,18). The average molecular weight is 312 g/mol. The first-order chi connectivity index (χ1) is 9.90. The quantitative estimate of drug-likeness (QED) is 0.581. The summed E-state index contributed by atoms with van der Waals surface area (Å²) in [4.78, 5) is 10.8. The molecular formula is C14H20N2O4S. The number of carboxylic acid groups (broad SMARTS) is 1. The molecule has 0 unspecified atom stereocenters. The molecule has 6 nitrogen and oxygen atoms in total. The van der Waals surface area contributed by atoms with Crippen LogP contribution in [0.4, 0.5) is 5.69 Å². The Balaban J connectivity index is 2.20. The number of hydrogen-bond donors (Lipinski definition) is 3. The van der Waals surface area contributed by atoms with Gasteiger partial charge in [0.25, 0.3) is 0 Å². The van der Waals surface area contributed by atoms with Gasteiger partial charge in [-0.2, -0.15) is 0 Å². The molecule has 21 heavy (non-hydrogen) atoms. The lowest BCUT2D eigenvalue weighted by molar-refractivity contribution is 0.0697. The first-order valence-corrected chi connectivity index (χ1v) is 8.53. The van der Waals surface area contributed by atoms with Crippen LogP contribution in [0.1, 0.15) is 48.9 Å². The van der Waals surface area contributed by atoms with Gasteiger partial charge in [0.15, 0.2) is 0 Å². The van der Waals surface area contributed by atoms with Crippen LogP contribution < -0.4 is 10.5 Å². The van der Waals surface area contributed by atoms with Crippen molar-refractivity contribution in [1.29, 1.82) is 0 Å². The van der Waals surface area contributed by atoms with Gasteiger partial charge in [-0.3, -0.25) is 0 Å². The summed E-state index contributed by atoms with van der Waals surface area (Å²) in [5.41, 5.74) is 5.63. The Morgan fingerprint density at radius 1 is 1.19 bits per heavy atom. The maximum absolute atomic E-state index is 12.4. The minimum absolute atomic E-state index is 0.0269. The number of anilines is 1. The van der Waals surface area contributed by atoms with Crippen molar-refractivity contribution in [3.8, 4) is 0 Å². The van der Waals surface area contributed by atoms with E-state index in [1.807, 2.05) is 0 Å². The normalized spacial score (nSPS) is 17.3. The second-order valence-corrected chi connectivity index (χ2v) is 7.05. The van der Waals surface area contributed by atoms with Gasteiger partial charge < -0.3 is 10.8 Å². The fraction of sp³-hybridized carbons (Fsp3) is 0.500. The molecule has 1 saturated carbocycles. The van der Waals surface area contributed by atoms with E-state index in [-0.39, 0.29) is 22.2 Å². The number of benzene rings is 1. The summed E-state index contributed by atoms with van der Waals surface area (Å²) in [6, 6.07) is 3.60. The van der Waals surface area contributed by atoms with Gasteiger partial charge >= 0.3 is 5.97 Å². The number of nitrogens with one attached hydrogen (secondary N) is 1. The molecule has 1 aliphatic carbocycles. The predicted octanol–water partition coefficient (Wildman–Crippen LogP) is 1.97. The van der Waals surface area contributed by atoms with E-state index < -0.39 is 16.0 Å². The monoisotopic (exact) mass is 312 g/mol. The van der Waals surface area contributed by atoms with Crippen LogP contribution in [0.5, 0.6) is 0 Å². The molecule has 0 heterocycles. The smallest absolute Gasteiger partial charge is 0.335 e. The summed E-state index contributed by atoms with van der Waals surface area (Å²) in [5.74, 6) is -1.14. The van der Waals surface area contributed by atoms with E-state index in [1.54, 1.807) is 0 Å². The Bertz CT molecular complexity index is 620. The zero-order valence-electron chi connectivity index (χ0n) is 11.7. The van der Waals surface area contributed by atoms with Crippen LogP contribution >= 0.6 is 0 Å². The van der Waals surface area contributed by atoms with Crippen LogP contribution in [0.3, 0.4) is 0 Å². The zero-order chi connectivity index (χ0) is 15.5. The van der Waals surface area contributed by atoms with Crippen LogP contribution in [0.2, 0.25) is 0 Å². The first-order valence-electron chi connectivity index (χ1n) is 7.05. The Kier molecular flexibility index (Phi) is 4.84. The first kappa shape index (κ1) is 15.8. The molecule has 4 N–H and O–H groups in total. The van der Waals surface area contributed by atoms with Gasteiger partial charge in [-0.25, -0.2) is 17.9 Å². The minimum atomic E-state index is -3.72. The topological polar surface area (TPSA) is 109 Å². The van der Waals surface area contributed by atoms with E-state index in [0.29, 0.717) is 0 Å². The van der Waals surface area contributed by atoms with Crippen molar-refractivity contribution in [3.05, 3.63) is 23.8 Å². The molecule has 0 bridgehead atoms. The van der Waals surface area contributed by atoms with E-state index >= 15 is 0 Å². The number of hydrogen-bond acceptors (Lipinski definition) is 4. The summed E-state index contributed by atoms with van der Waals surface area (Å²) in [6.45, 7) is 0.